The predicted molar refractivity (Wildman–Crippen MR) is 67.4 cm³/mol. The summed E-state index contributed by atoms with van der Waals surface area (Å²) < 4.78 is 5.61. The maximum atomic E-state index is 9.19. The summed E-state index contributed by atoms with van der Waals surface area (Å²) in [4.78, 5) is 6.64. The molecule has 0 aromatic carbocycles. The van der Waals surface area contributed by atoms with Gasteiger partial charge in [-0.25, -0.2) is 4.98 Å². The first-order valence-corrected chi connectivity index (χ1v) is 5.89. The van der Waals surface area contributed by atoms with E-state index < -0.39 is 0 Å². The molecule has 1 aromatic heterocycles. The zero-order chi connectivity index (χ0) is 12.3. The average Bonchev–Trinajstić information content (AvgIpc) is 2.38. The summed E-state index contributed by atoms with van der Waals surface area (Å²) in [7, 11) is 1.85. The Labute approximate surface area is 101 Å². The van der Waals surface area contributed by atoms with Gasteiger partial charge in [0.25, 0.3) is 0 Å². The van der Waals surface area contributed by atoms with Gasteiger partial charge in [-0.15, -0.1) is 0 Å². The van der Waals surface area contributed by atoms with Crippen molar-refractivity contribution in [3.8, 4) is 0 Å². The standard InChI is InChI=1S/C12H19N3O2/c1-9-6-15(7-10(8-16)17-9)12-5-3-4-11(13-2)14-12/h3-5,9-10,16H,6-8H2,1-2H3,(H,13,14). The predicted octanol–water partition coefficient (Wildman–Crippen LogP) is 0.709. The number of hydrogen-bond donors (Lipinski definition) is 2. The Kier molecular flexibility index (Phi) is 3.81. The molecule has 2 atom stereocenters. The van der Waals surface area contributed by atoms with E-state index >= 15 is 0 Å². The second-order valence-corrected chi connectivity index (χ2v) is 4.29. The van der Waals surface area contributed by atoms with Crippen molar-refractivity contribution >= 4 is 11.6 Å². The summed E-state index contributed by atoms with van der Waals surface area (Å²) in [5.41, 5.74) is 0. The molecule has 5 heteroatoms. The van der Waals surface area contributed by atoms with Crippen molar-refractivity contribution < 1.29 is 9.84 Å². The highest BCUT2D eigenvalue weighted by molar-refractivity contribution is 5.47. The maximum Gasteiger partial charge on any atom is 0.131 e. The average molecular weight is 237 g/mol. The number of pyridine rings is 1. The highest BCUT2D eigenvalue weighted by Crippen LogP contribution is 2.19. The first kappa shape index (κ1) is 12.1. The molecule has 0 radical (unpaired) electrons. The van der Waals surface area contributed by atoms with Gasteiger partial charge < -0.3 is 20.1 Å². The number of hydrogen-bond acceptors (Lipinski definition) is 5. The Morgan fingerprint density at radius 1 is 1.53 bits per heavy atom. The molecule has 17 heavy (non-hydrogen) atoms. The summed E-state index contributed by atoms with van der Waals surface area (Å²) in [6.45, 7) is 3.54. The van der Waals surface area contributed by atoms with Gasteiger partial charge in [-0.2, -0.15) is 0 Å². The van der Waals surface area contributed by atoms with E-state index in [2.05, 4.69) is 15.2 Å². The quantitative estimate of drug-likeness (QED) is 0.811. The van der Waals surface area contributed by atoms with Gasteiger partial charge in [0.05, 0.1) is 18.8 Å². The minimum absolute atomic E-state index is 0.0482. The van der Waals surface area contributed by atoms with Crippen molar-refractivity contribution in [1.82, 2.24) is 4.98 Å². The first-order chi connectivity index (χ1) is 8.22. The monoisotopic (exact) mass is 237 g/mol. The summed E-state index contributed by atoms with van der Waals surface area (Å²) >= 11 is 0. The molecular formula is C12H19N3O2. The molecule has 0 spiro atoms. The zero-order valence-electron chi connectivity index (χ0n) is 10.3. The second kappa shape index (κ2) is 5.33. The van der Waals surface area contributed by atoms with Crippen LogP contribution < -0.4 is 10.2 Å². The molecule has 0 bridgehead atoms. The lowest BCUT2D eigenvalue weighted by atomic mass is 10.2. The lowest BCUT2D eigenvalue weighted by Gasteiger charge is -2.36. The number of aliphatic hydroxyl groups excluding tert-OH is 1. The molecule has 2 heterocycles. The smallest absolute Gasteiger partial charge is 0.131 e. The highest BCUT2D eigenvalue weighted by atomic mass is 16.5. The molecule has 0 aliphatic carbocycles. The Bertz CT molecular complexity index is 373. The summed E-state index contributed by atoms with van der Waals surface area (Å²) in [6.07, 6.45) is -0.0141. The molecule has 2 rings (SSSR count). The Hall–Kier alpha value is -1.33. The van der Waals surface area contributed by atoms with Crippen LogP contribution in [-0.2, 0) is 4.74 Å². The Morgan fingerprint density at radius 3 is 3.06 bits per heavy atom. The van der Waals surface area contributed by atoms with E-state index in [4.69, 9.17) is 4.74 Å². The Morgan fingerprint density at radius 2 is 2.35 bits per heavy atom. The van der Waals surface area contributed by atoms with Crippen molar-refractivity contribution in [3.63, 3.8) is 0 Å². The topological polar surface area (TPSA) is 57.6 Å². The molecule has 0 amide bonds. The van der Waals surface area contributed by atoms with E-state index in [1.807, 2.05) is 32.2 Å². The number of nitrogens with zero attached hydrogens (tertiary/aromatic N) is 2. The number of rotatable bonds is 3. The molecule has 1 aliphatic heterocycles. The first-order valence-electron chi connectivity index (χ1n) is 5.89. The molecule has 2 unspecified atom stereocenters. The van der Waals surface area contributed by atoms with E-state index in [1.54, 1.807) is 0 Å². The summed E-state index contributed by atoms with van der Waals surface area (Å²) in [5, 5.41) is 12.2. The maximum absolute atomic E-state index is 9.19. The lowest BCUT2D eigenvalue weighted by Crippen LogP contribution is -2.48. The molecule has 0 saturated carbocycles. The third-order valence-electron chi connectivity index (χ3n) is 2.84. The van der Waals surface area contributed by atoms with Crippen LogP contribution in [0.2, 0.25) is 0 Å². The summed E-state index contributed by atoms with van der Waals surface area (Å²) in [6, 6.07) is 5.88. The zero-order valence-corrected chi connectivity index (χ0v) is 10.3. The van der Waals surface area contributed by atoms with E-state index in [1.165, 1.54) is 0 Å². The van der Waals surface area contributed by atoms with Crippen LogP contribution in [0.3, 0.4) is 0 Å². The fourth-order valence-corrected chi connectivity index (χ4v) is 2.07. The van der Waals surface area contributed by atoms with Crippen LogP contribution in [-0.4, -0.2) is 49.0 Å². The number of anilines is 2. The molecular weight excluding hydrogens is 218 g/mol. The van der Waals surface area contributed by atoms with Crippen LogP contribution >= 0.6 is 0 Å². The molecule has 1 fully saturated rings. The van der Waals surface area contributed by atoms with Crippen molar-refractivity contribution in [2.24, 2.45) is 0 Å². The van der Waals surface area contributed by atoms with Gasteiger partial charge in [-0.1, -0.05) is 6.07 Å². The minimum Gasteiger partial charge on any atom is -0.394 e. The van der Waals surface area contributed by atoms with E-state index in [0.717, 1.165) is 18.2 Å². The highest BCUT2D eigenvalue weighted by Gasteiger charge is 2.25. The lowest BCUT2D eigenvalue weighted by molar-refractivity contribution is -0.0422. The van der Waals surface area contributed by atoms with E-state index in [9.17, 15) is 5.11 Å². The van der Waals surface area contributed by atoms with E-state index in [-0.39, 0.29) is 18.8 Å². The molecule has 1 aromatic rings. The normalized spacial score (nSPS) is 24.8. The van der Waals surface area contributed by atoms with Gasteiger partial charge in [0.2, 0.25) is 0 Å². The van der Waals surface area contributed by atoms with Crippen LogP contribution in [0.25, 0.3) is 0 Å². The van der Waals surface area contributed by atoms with Crippen molar-refractivity contribution in [2.45, 2.75) is 19.1 Å². The van der Waals surface area contributed by atoms with Gasteiger partial charge in [-0.3, -0.25) is 0 Å². The Balaban J connectivity index is 2.14. The van der Waals surface area contributed by atoms with Gasteiger partial charge in [0, 0.05) is 20.1 Å². The SMILES string of the molecule is CNc1cccc(N2CC(C)OC(CO)C2)n1. The summed E-state index contributed by atoms with van der Waals surface area (Å²) in [5.74, 6) is 1.77. The molecule has 5 nitrogen and oxygen atoms in total. The largest absolute Gasteiger partial charge is 0.394 e. The molecule has 1 saturated heterocycles. The van der Waals surface area contributed by atoms with Crippen molar-refractivity contribution in [1.29, 1.82) is 0 Å². The van der Waals surface area contributed by atoms with E-state index in [0.29, 0.717) is 6.54 Å². The third kappa shape index (κ3) is 2.87. The van der Waals surface area contributed by atoms with Gasteiger partial charge in [-0.05, 0) is 19.1 Å². The van der Waals surface area contributed by atoms with Gasteiger partial charge >= 0.3 is 0 Å². The number of aliphatic hydroxyl groups is 1. The fraction of sp³-hybridized carbons (Fsp3) is 0.583. The van der Waals surface area contributed by atoms with Crippen LogP contribution in [0.15, 0.2) is 18.2 Å². The van der Waals surface area contributed by atoms with Gasteiger partial charge in [0.1, 0.15) is 11.6 Å². The number of aromatic nitrogens is 1. The molecule has 1 aliphatic rings. The van der Waals surface area contributed by atoms with Crippen LogP contribution in [0.5, 0.6) is 0 Å². The van der Waals surface area contributed by atoms with Crippen molar-refractivity contribution in [2.75, 3.05) is 37.0 Å². The number of ether oxygens (including phenoxy) is 1. The number of morpholine rings is 1. The third-order valence-corrected chi connectivity index (χ3v) is 2.84. The van der Waals surface area contributed by atoms with Crippen LogP contribution in [0.1, 0.15) is 6.92 Å². The molecule has 2 N–H and O–H groups in total. The van der Waals surface area contributed by atoms with Crippen LogP contribution in [0.4, 0.5) is 11.6 Å². The number of nitrogens with one attached hydrogen (secondary N) is 1. The fourth-order valence-electron chi connectivity index (χ4n) is 2.07. The van der Waals surface area contributed by atoms with Gasteiger partial charge in [0.15, 0.2) is 0 Å². The van der Waals surface area contributed by atoms with Crippen LogP contribution in [0, 0.1) is 0 Å². The second-order valence-electron chi connectivity index (χ2n) is 4.29. The minimum atomic E-state index is -0.126. The van der Waals surface area contributed by atoms with Crippen molar-refractivity contribution in [3.05, 3.63) is 18.2 Å². The molecule has 94 valence electrons.